The van der Waals surface area contributed by atoms with Gasteiger partial charge in [-0.3, -0.25) is 9.11 Å². The first-order valence-corrected chi connectivity index (χ1v) is 12.3. The lowest BCUT2D eigenvalue weighted by Crippen LogP contribution is -1.99. The van der Waals surface area contributed by atoms with E-state index < -0.39 is 20.2 Å². The Morgan fingerprint density at radius 2 is 1.52 bits per heavy atom. The number of hydrogen-bond donors (Lipinski definition) is 4. The Labute approximate surface area is 174 Å². The molecule has 1 atom stereocenters. The zero-order valence-corrected chi connectivity index (χ0v) is 18.8. The zero-order valence-electron chi connectivity index (χ0n) is 17.2. The number of aryl methyl sites for hydroxylation is 1. The second-order valence-electron chi connectivity index (χ2n) is 6.71. The van der Waals surface area contributed by atoms with Crippen LogP contribution in [0.5, 0.6) is 0 Å². The molecular formula is C18H29BN2O6S2. The van der Waals surface area contributed by atoms with Gasteiger partial charge in [-0.25, -0.2) is 0 Å². The first kappa shape index (κ1) is 25.5. The molecule has 0 saturated heterocycles. The van der Waals surface area contributed by atoms with Gasteiger partial charge in [0.05, 0.1) is 19.2 Å². The number of aromatic nitrogens is 2. The van der Waals surface area contributed by atoms with E-state index in [0.29, 0.717) is 5.69 Å². The van der Waals surface area contributed by atoms with Gasteiger partial charge in [-0.2, -0.15) is 16.8 Å². The van der Waals surface area contributed by atoms with Crippen LogP contribution in [-0.4, -0.2) is 43.8 Å². The summed E-state index contributed by atoms with van der Waals surface area (Å²) in [5.74, 6) is 0.0984. The van der Waals surface area contributed by atoms with Crippen molar-refractivity contribution in [2.45, 2.75) is 75.4 Å². The first-order valence-electron chi connectivity index (χ1n) is 9.44. The van der Waals surface area contributed by atoms with Crippen molar-refractivity contribution in [1.29, 1.82) is 0 Å². The van der Waals surface area contributed by atoms with Crippen molar-refractivity contribution >= 4 is 28.1 Å². The molecule has 8 nitrogen and oxygen atoms in total. The Hall–Kier alpha value is -1.56. The third kappa shape index (κ3) is 6.46. The van der Waals surface area contributed by atoms with Crippen LogP contribution >= 0.6 is 0 Å². The van der Waals surface area contributed by atoms with Crippen LogP contribution in [0, 0.1) is 6.92 Å². The van der Waals surface area contributed by atoms with Crippen LogP contribution in [0.15, 0.2) is 21.9 Å². The fourth-order valence-electron chi connectivity index (χ4n) is 3.27. The minimum atomic E-state index is -4.53. The van der Waals surface area contributed by atoms with Crippen LogP contribution < -0.4 is 0 Å². The summed E-state index contributed by atoms with van der Waals surface area (Å²) in [6, 6.07) is 2.56. The Morgan fingerprint density at radius 3 is 1.97 bits per heavy atom. The lowest BCUT2D eigenvalue weighted by atomic mass is 9.94. The molecule has 2 aromatic heterocycles. The second kappa shape index (κ2) is 10.5. The molecule has 0 aromatic carbocycles. The van der Waals surface area contributed by atoms with Crippen molar-refractivity contribution in [3.63, 3.8) is 0 Å². The maximum absolute atomic E-state index is 11.9. The van der Waals surface area contributed by atoms with Gasteiger partial charge >= 0.3 is 0 Å². The fourth-order valence-corrected chi connectivity index (χ4v) is 4.67. The standard InChI is InChI=1S/C17H26N2O6S2.CH3B/c1-4-6-8-12(7-5-2)13-9-16(27(23,24)25)17(19-13)14-10-15(11(3)18-14)26(20,21)22;1-2/h9-10,12,18-19H,4-8H2,1-3H3,(H,20,21,22)(H,23,24,25);1H3. The lowest BCUT2D eigenvalue weighted by Gasteiger charge is -2.14. The van der Waals surface area contributed by atoms with E-state index in [1.54, 1.807) is 0 Å². The summed E-state index contributed by atoms with van der Waals surface area (Å²) in [6.07, 6.45) is 4.62. The average molecular weight is 444 g/mol. The van der Waals surface area contributed by atoms with Crippen molar-refractivity contribution in [3.8, 4) is 11.4 Å². The molecule has 0 aliphatic rings. The van der Waals surface area contributed by atoms with E-state index in [2.05, 4.69) is 24.7 Å². The van der Waals surface area contributed by atoms with Gasteiger partial charge in [0, 0.05) is 11.4 Å². The molecule has 0 amide bonds. The number of rotatable bonds is 9. The number of aromatic amines is 2. The minimum Gasteiger partial charge on any atom is -0.356 e. The molecule has 0 aliphatic heterocycles. The van der Waals surface area contributed by atoms with Crippen LogP contribution in [0.3, 0.4) is 0 Å². The Balaban J connectivity index is 0.00000204. The van der Waals surface area contributed by atoms with E-state index in [4.69, 9.17) is 0 Å². The molecule has 0 aliphatic carbocycles. The van der Waals surface area contributed by atoms with E-state index in [0.717, 1.165) is 38.2 Å². The van der Waals surface area contributed by atoms with Crippen molar-refractivity contribution in [3.05, 3.63) is 23.5 Å². The number of unbranched alkanes of at least 4 members (excludes halogenated alkanes) is 1. The summed E-state index contributed by atoms with van der Waals surface area (Å²) in [4.78, 5) is 5.14. The van der Waals surface area contributed by atoms with Gasteiger partial charge in [-0.05, 0) is 37.8 Å². The summed E-state index contributed by atoms with van der Waals surface area (Å²) < 4.78 is 65.6. The summed E-state index contributed by atoms with van der Waals surface area (Å²) in [7, 11) is -4.49. The molecule has 0 fully saturated rings. The third-order valence-corrected chi connectivity index (χ3v) is 6.44. The molecule has 29 heavy (non-hydrogen) atoms. The quantitative estimate of drug-likeness (QED) is 0.339. The van der Waals surface area contributed by atoms with Crippen molar-refractivity contribution in [2.75, 3.05) is 0 Å². The predicted molar refractivity (Wildman–Crippen MR) is 114 cm³/mol. The Bertz CT molecular complexity index is 1010. The smallest absolute Gasteiger partial charge is 0.296 e. The highest BCUT2D eigenvalue weighted by atomic mass is 32.2. The van der Waals surface area contributed by atoms with E-state index >= 15 is 0 Å². The van der Waals surface area contributed by atoms with Crippen molar-refractivity contribution in [1.82, 2.24) is 9.97 Å². The Kier molecular flexibility index (Phi) is 9.20. The number of H-pyrrole nitrogens is 2. The molecule has 4 N–H and O–H groups in total. The van der Waals surface area contributed by atoms with E-state index in [-0.39, 0.29) is 32.8 Å². The molecule has 1 unspecified atom stereocenters. The summed E-state index contributed by atoms with van der Waals surface area (Å²) in [6.45, 7) is 7.06. The van der Waals surface area contributed by atoms with Crippen LogP contribution in [-0.2, 0) is 20.2 Å². The highest BCUT2D eigenvalue weighted by Crippen LogP contribution is 2.35. The van der Waals surface area contributed by atoms with Gasteiger partial charge in [0.2, 0.25) is 0 Å². The topological polar surface area (TPSA) is 140 Å². The van der Waals surface area contributed by atoms with Crippen LogP contribution in [0.4, 0.5) is 0 Å². The van der Waals surface area contributed by atoms with Gasteiger partial charge in [0.1, 0.15) is 9.79 Å². The first-order chi connectivity index (χ1) is 13.5. The average Bonchev–Trinajstić information content (AvgIpc) is 3.23. The maximum atomic E-state index is 11.9. The highest BCUT2D eigenvalue weighted by Gasteiger charge is 2.26. The summed E-state index contributed by atoms with van der Waals surface area (Å²) in [5, 5.41) is 0. The molecular weight excluding hydrogens is 415 g/mol. The van der Waals surface area contributed by atoms with E-state index in [1.807, 2.05) is 6.92 Å². The van der Waals surface area contributed by atoms with Crippen LogP contribution in [0.1, 0.15) is 63.3 Å². The monoisotopic (exact) mass is 444 g/mol. The summed E-state index contributed by atoms with van der Waals surface area (Å²) >= 11 is 0. The van der Waals surface area contributed by atoms with Crippen LogP contribution in [0.25, 0.3) is 11.4 Å². The van der Waals surface area contributed by atoms with Gasteiger partial charge in [0.25, 0.3) is 20.2 Å². The van der Waals surface area contributed by atoms with Gasteiger partial charge in [-0.1, -0.05) is 39.9 Å². The SMILES string of the molecule is CCCCC(CCC)c1cc(S(=O)(=O)O)c(-c2cc(S(=O)(=O)O)c(C)[nH]2)[nH]1.[B]C. The molecule has 0 saturated carbocycles. The summed E-state index contributed by atoms with van der Waals surface area (Å²) in [5.41, 5.74) is 1.07. The Morgan fingerprint density at radius 1 is 0.931 bits per heavy atom. The molecule has 2 aromatic rings. The maximum Gasteiger partial charge on any atom is 0.296 e. The highest BCUT2D eigenvalue weighted by molar-refractivity contribution is 7.86. The van der Waals surface area contributed by atoms with Crippen molar-refractivity contribution in [2.24, 2.45) is 0 Å². The van der Waals surface area contributed by atoms with E-state index in [1.165, 1.54) is 19.8 Å². The van der Waals surface area contributed by atoms with Crippen LogP contribution in [0.2, 0.25) is 6.82 Å². The lowest BCUT2D eigenvalue weighted by molar-refractivity contribution is 0.481. The predicted octanol–water partition coefficient (Wildman–Crippen LogP) is 4.09. The van der Waals surface area contributed by atoms with Gasteiger partial charge < -0.3 is 9.97 Å². The van der Waals surface area contributed by atoms with Crippen molar-refractivity contribution < 1.29 is 25.9 Å². The number of hydrogen-bond acceptors (Lipinski definition) is 4. The fraction of sp³-hybridized carbons (Fsp3) is 0.556. The normalized spacial score (nSPS) is 13.0. The zero-order chi connectivity index (χ0) is 22.4. The van der Waals surface area contributed by atoms with Gasteiger partial charge in [-0.15, -0.1) is 0 Å². The molecule has 0 bridgehead atoms. The molecule has 2 heterocycles. The molecule has 162 valence electrons. The van der Waals surface area contributed by atoms with Gasteiger partial charge in [0.15, 0.2) is 0 Å². The third-order valence-electron chi connectivity index (χ3n) is 4.58. The molecule has 11 heteroatoms. The van der Waals surface area contributed by atoms with E-state index in [9.17, 15) is 25.9 Å². The second-order valence-corrected chi connectivity index (χ2v) is 9.49. The largest absolute Gasteiger partial charge is 0.356 e. The molecule has 0 spiro atoms. The molecule has 2 rings (SSSR count). The molecule has 2 radical (unpaired) electrons. The minimum absolute atomic E-state index is 0.0723. The number of nitrogens with one attached hydrogen (secondary N) is 2.